The van der Waals surface area contributed by atoms with Crippen LogP contribution >= 0.6 is 12.4 Å². The van der Waals surface area contributed by atoms with Gasteiger partial charge in [-0.15, -0.1) is 12.4 Å². The number of benzene rings is 2. The molecule has 1 amide bonds. The Balaban J connectivity index is 0.00000208. The Morgan fingerprint density at radius 2 is 1.58 bits per heavy atom. The summed E-state index contributed by atoms with van der Waals surface area (Å²) in [7, 11) is 0. The Kier molecular flexibility index (Phi) is 6.37. The second-order valence-corrected chi connectivity index (χ2v) is 6.01. The molecule has 1 aliphatic heterocycles. The normalized spacial score (nSPS) is 16.0. The first-order valence-electron chi connectivity index (χ1n) is 7.97. The van der Waals surface area contributed by atoms with Gasteiger partial charge in [-0.25, -0.2) is 0 Å². The quantitative estimate of drug-likeness (QED) is 0.894. The molecular formula is C19H23ClN2O2. The van der Waals surface area contributed by atoms with Gasteiger partial charge in [-0.2, -0.15) is 0 Å². The Labute approximate surface area is 148 Å². The maximum Gasteiger partial charge on any atom is 0.240 e. The molecule has 1 heterocycles. The third kappa shape index (κ3) is 4.35. The minimum Gasteiger partial charge on any atom is -0.381 e. The molecule has 0 aliphatic carbocycles. The van der Waals surface area contributed by atoms with Crippen LogP contribution < -0.4 is 11.1 Å². The fourth-order valence-corrected chi connectivity index (χ4v) is 2.77. The summed E-state index contributed by atoms with van der Waals surface area (Å²) >= 11 is 0. The number of nitrogens with two attached hydrogens (primary N) is 1. The molecule has 128 valence electrons. The Bertz CT molecular complexity index is 653. The minimum absolute atomic E-state index is 0. The van der Waals surface area contributed by atoms with Gasteiger partial charge >= 0.3 is 0 Å². The monoisotopic (exact) mass is 346 g/mol. The van der Waals surface area contributed by atoms with Crippen molar-refractivity contribution in [2.75, 3.05) is 13.2 Å². The molecule has 3 rings (SSSR count). The van der Waals surface area contributed by atoms with Gasteiger partial charge in [0.15, 0.2) is 0 Å². The molecule has 2 aromatic rings. The van der Waals surface area contributed by atoms with E-state index in [0.717, 1.165) is 5.56 Å². The average molecular weight is 347 g/mol. The van der Waals surface area contributed by atoms with Crippen molar-refractivity contribution < 1.29 is 9.53 Å². The highest BCUT2D eigenvalue weighted by Crippen LogP contribution is 2.20. The first kappa shape index (κ1) is 18.5. The molecule has 0 aromatic heterocycles. The average Bonchev–Trinajstić information content (AvgIpc) is 2.61. The molecule has 5 heteroatoms. The molecule has 0 spiro atoms. The molecule has 1 aliphatic rings. The van der Waals surface area contributed by atoms with Crippen molar-refractivity contribution in [3.63, 3.8) is 0 Å². The van der Waals surface area contributed by atoms with Gasteiger partial charge < -0.3 is 15.8 Å². The first-order chi connectivity index (χ1) is 11.2. The zero-order valence-corrected chi connectivity index (χ0v) is 14.4. The fourth-order valence-electron chi connectivity index (χ4n) is 2.77. The van der Waals surface area contributed by atoms with Crippen molar-refractivity contribution in [2.45, 2.75) is 24.9 Å². The van der Waals surface area contributed by atoms with E-state index in [-0.39, 0.29) is 18.3 Å². The van der Waals surface area contributed by atoms with Crippen LogP contribution in [0.5, 0.6) is 0 Å². The molecule has 3 N–H and O–H groups in total. The number of halogens is 1. The van der Waals surface area contributed by atoms with Gasteiger partial charge in [0, 0.05) is 19.8 Å². The second-order valence-electron chi connectivity index (χ2n) is 6.01. The molecule has 1 saturated heterocycles. The predicted molar refractivity (Wildman–Crippen MR) is 97.9 cm³/mol. The van der Waals surface area contributed by atoms with Crippen LogP contribution in [0.15, 0.2) is 54.6 Å². The van der Waals surface area contributed by atoms with Crippen LogP contribution in [0.25, 0.3) is 11.1 Å². The summed E-state index contributed by atoms with van der Waals surface area (Å²) in [5.41, 5.74) is 8.80. The molecule has 0 unspecified atom stereocenters. The first-order valence-corrected chi connectivity index (χ1v) is 7.97. The van der Waals surface area contributed by atoms with E-state index in [1.807, 2.05) is 30.3 Å². The van der Waals surface area contributed by atoms with Crippen molar-refractivity contribution in [3.05, 3.63) is 60.2 Å². The number of rotatable bonds is 4. The molecule has 0 bridgehead atoms. The molecule has 0 radical (unpaired) electrons. The standard InChI is InChI=1S/C19H22N2O2.ClH/c20-19(10-12-23-13-11-19)18(22)21-14-15-6-8-17(9-7-15)16-4-2-1-3-5-16;/h1-9H,10-14,20H2,(H,21,22);1H. The summed E-state index contributed by atoms with van der Waals surface area (Å²) in [5, 5.41) is 2.95. The van der Waals surface area contributed by atoms with Crippen molar-refractivity contribution in [2.24, 2.45) is 5.73 Å². The van der Waals surface area contributed by atoms with E-state index < -0.39 is 5.54 Å². The number of nitrogens with one attached hydrogen (secondary N) is 1. The Hall–Kier alpha value is -1.88. The number of amides is 1. The van der Waals surface area contributed by atoms with Crippen molar-refractivity contribution in [1.82, 2.24) is 5.32 Å². The van der Waals surface area contributed by atoms with Gasteiger partial charge in [-0.1, -0.05) is 54.6 Å². The minimum atomic E-state index is -0.789. The molecular weight excluding hydrogens is 324 g/mol. The van der Waals surface area contributed by atoms with Crippen LogP contribution in [0, 0.1) is 0 Å². The van der Waals surface area contributed by atoms with Crippen LogP contribution in [0.2, 0.25) is 0 Å². The third-order valence-corrected chi connectivity index (χ3v) is 4.35. The van der Waals surface area contributed by atoms with Crippen LogP contribution in [-0.4, -0.2) is 24.7 Å². The second kappa shape index (κ2) is 8.29. The van der Waals surface area contributed by atoms with Crippen LogP contribution in [0.4, 0.5) is 0 Å². The van der Waals surface area contributed by atoms with E-state index in [1.165, 1.54) is 11.1 Å². The van der Waals surface area contributed by atoms with Gasteiger partial charge in [-0.05, 0) is 29.5 Å². The van der Waals surface area contributed by atoms with Crippen LogP contribution in [0.1, 0.15) is 18.4 Å². The van der Waals surface area contributed by atoms with Gasteiger partial charge in [0.2, 0.25) is 5.91 Å². The van der Waals surface area contributed by atoms with E-state index in [9.17, 15) is 4.79 Å². The molecule has 2 aromatic carbocycles. The van der Waals surface area contributed by atoms with Crippen LogP contribution in [-0.2, 0) is 16.1 Å². The molecule has 0 atom stereocenters. The lowest BCUT2D eigenvalue weighted by Crippen LogP contribution is -2.56. The van der Waals surface area contributed by atoms with Crippen LogP contribution in [0.3, 0.4) is 0 Å². The highest BCUT2D eigenvalue weighted by atomic mass is 35.5. The summed E-state index contributed by atoms with van der Waals surface area (Å²) in [6.45, 7) is 1.60. The predicted octanol–water partition coefficient (Wildman–Crippen LogP) is 2.90. The Morgan fingerprint density at radius 3 is 2.21 bits per heavy atom. The van der Waals surface area contributed by atoms with Crippen molar-refractivity contribution in [1.29, 1.82) is 0 Å². The van der Waals surface area contributed by atoms with E-state index in [0.29, 0.717) is 32.6 Å². The molecule has 4 nitrogen and oxygen atoms in total. The number of ether oxygens (including phenoxy) is 1. The smallest absolute Gasteiger partial charge is 0.240 e. The number of carbonyl (C=O) groups excluding carboxylic acids is 1. The maximum atomic E-state index is 12.3. The zero-order valence-electron chi connectivity index (χ0n) is 13.5. The lowest BCUT2D eigenvalue weighted by Gasteiger charge is -2.31. The van der Waals surface area contributed by atoms with E-state index in [4.69, 9.17) is 10.5 Å². The summed E-state index contributed by atoms with van der Waals surface area (Å²) < 4.78 is 5.27. The topological polar surface area (TPSA) is 64.4 Å². The molecule has 0 saturated carbocycles. The van der Waals surface area contributed by atoms with Crippen molar-refractivity contribution in [3.8, 4) is 11.1 Å². The SMILES string of the molecule is Cl.NC1(C(=O)NCc2ccc(-c3ccccc3)cc2)CCOCC1. The highest BCUT2D eigenvalue weighted by Gasteiger charge is 2.35. The zero-order chi connectivity index (χ0) is 16.1. The van der Waals surface area contributed by atoms with Gasteiger partial charge in [0.25, 0.3) is 0 Å². The van der Waals surface area contributed by atoms with E-state index >= 15 is 0 Å². The van der Waals surface area contributed by atoms with Crippen molar-refractivity contribution >= 4 is 18.3 Å². The molecule has 24 heavy (non-hydrogen) atoms. The Morgan fingerprint density at radius 1 is 1.00 bits per heavy atom. The lowest BCUT2D eigenvalue weighted by molar-refractivity contribution is -0.129. The number of hydrogen-bond donors (Lipinski definition) is 2. The highest BCUT2D eigenvalue weighted by molar-refractivity contribution is 5.86. The van der Waals surface area contributed by atoms with Gasteiger partial charge in [0.1, 0.15) is 0 Å². The summed E-state index contributed by atoms with van der Waals surface area (Å²) in [5.74, 6) is -0.0899. The van der Waals surface area contributed by atoms with Gasteiger partial charge in [0.05, 0.1) is 5.54 Å². The summed E-state index contributed by atoms with van der Waals surface area (Å²) in [4.78, 5) is 12.3. The summed E-state index contributed by atoms with van der Waals surface area (Å²) in [6.07, 6.45) is 1.15. The fraction of sp³-hybridized carbons (Fsp3) is 0.316. The number of hydrogen-bond acceptors (Lipinski definition) is 3. The lowest BCUT2D eigenvalue weighted by atomic mass is 9.90. The third-order valence-electron chi connectivity index (χ3n) is 4.35. The van der Waals surface area contributed by atoms with Gasteiger partial charge in [-0.3, -0.25) is 4.79 Å². The largest absolute Gasteiger partial charge is 0.381 e. The van der Waals surface area contributed by atoms with E-state index in [2.05, 4.69) is 29.6 Å². The summed E-state index contributed by atoms with van der Waals surface area (Å²) in [6, 6.07) is 18.4. The number of carbonyl (C=O) groups is 1. The molecule has 1 fully saturated rings. The van der Waals surface area contributed by atoms with E-state index in [1.54, 1.807) is 0 Å². The maximum absolute atomic E-state index is 12.3.